The first kappa shape index (κ1) is 25.0. The molecule has 0 spiro atoms. The van der Waals surface area contributed by atoms with Gasteiger partial charge < -0.3 is 9.84 Å². The van der Waals surface area contributed by atoms with Crippen molar-refractivity contribution in [2.24, 2.45) is 51.2 Å². The Labute approximate surface area is 218 Å². The van der Waals surface area contributed by atoms with Crippen molar-refractivity contribution in [2.75, 3.05) is 0 Å². The molecule has 0 aromatic heterocycles. The smallest absolute Gasteiger partial charge is 0.312 e. The Kier molecular flexibility index (Phi) is 5.95. The molecule has 3 nitrogen and oxygen atoms in total. The van der Waals surface area contributed by atoms with Gasteiger partial charge in [0.2, 0.25) is 0 Å². The Morgan fingerprint density at radius 1 is 0.833 bits per heavy atom. The number of hydrogen-bond acceptors (Lipinski definition) is 3. The van der Waals surface area contributed by atoms with Crippen LogP contribution in [-0.4, -0.2) is 17.2 Å². The van der Waals surface area contributed by atoms with Crippen molar-refractivity contribution in [3.05, 3.63) is 35.9 Å². The van der Waals surface area contributed by atoms with E-state index in [9.17, 15) is 9.90 Å². The van der Waals surface area contributed by atoms with E-state index in [0.29, 0.717) is 35.2 Å². The van der Waals surface area contributed by atoms with E-state index in [1.165, 1.54) is 51.4 Å². The van der Waals surface area contributed by atoms with Gasteiger partial charge in [-0.15, -0.1) is 0 Å². The van der Waals surface area contributed by atoms with Crippen LogP contribution in [0, 0.1) is 51.2 Å². The van der Waals surface area contributed by atoms with Gasteiger partial charge in [-0.25, -0.2) is 0 Å². The lowest BCUT2D eigenvalue weighted by Gasteiger charge is -2.69. The molecule has 0 heterocycles. The van der Waals surface area contributed by atoms with Crippen LogP contribution in [0.2, 0.25) is 0 Å². The first-order valence-electron chi connectivity index (χ1n) is 15.0. The second-order valence-corrected chi connectivity index (χ2v) is 14.6. The topological polar surface area (TPSA) is 46.5 Å². The van der Waals surface area contributed by atoms with E-state index < -0.39 is 0 Å². The Hall–Kier alpha value is -1.35. The largest absolute Gasteiger partial charge is 0.460 e. The monoisotopic (exact) mass is 492 g/mol. The fraction of sp³-hybridized carbons (Fsp3) is 0.788. The summed E-state index contributed by atoms with van der Waals surface area (Å²) in [7, 11) is 0. The summed E-state index contributed by atoms with van der Waals surface area (Å²) in [6.07, 6.45) is 12.8. The molecule has 198 valence electrons. The van der Waals surface area contributed by atoms with Gasteiger partial charge >= 0.3 is 5.97 Å². The Bertz CT molecular complexity index is 986. The summed E-state index contributed by atoms with van der Waals surface area (Å²) in [6, 6.07) is 10.2. The highest BCUT2D eigenvalue weighted by Crippen LogP contribution is 2.73. The minimum absolute atomic E-state index is 0.0147. The number of ether oxygens (including phenoxy) is 1. The van der Waals surface area contributed by atoms with Gasteiger partial charge in [0, 0.05) is 0 Å². The average Bonchev–Trinajstić information content (AvgIpc) is 3.31. The summed E-state index contributed by atoms with van der Waals surface area (Å²) >= 11 is 0. The molecule has 36 heavy (non-hydrogen) atoms. The molecule has 8 unspecified atom stereocenters. The first-order valence-corrected chi connectivity index (χ1v) is 15.0. The minimum Gasteiger partial charge on any atom is -0.460 e. The van der Waals surface area contributed by atoms with Gasteiger partial charge in [0.05, 0.1) is 11.5 Å². The van der Waals surface area contributed by atoms with Gasteiger partial charge in [0.15, 0.2) is 0 Å². The molecular weight excluding hydrogens is 444 g/mol. The molecule has 5 saturated carbocycles. The molecule has 1 aromatic carbocycles. The third kappa shape index (κ3) is 3.43. The van der Waals surface area contributed by atoms with Crippen LogP contribution in [0.25, 0.3) is 0 Å². The van der Waals surface area contributed by atoms with Gasteiger partial charge in [-0.1, -0.05) is 64.4 Å². The van der Waals surface area contributed by atoms with Crippen LogP contribution in [0.4, 0.5) is 0 Å². The third-order valence-corrected chi connectivity index (χ3v) is 13.1. The zero-order valence-electron chi connectivity index (χ0n) is 23.1. The van der Waals surface area contributed by atoms with Crippen molar-refractivity contribution in [1.82, 2.24) is 0 Å². The van der Waals surface area contributed by atoms with Crippen molar-refractivity contribution in [3.63, 3.8) is 0 Å². The number of carbonyl (C=O) groups excluding carboxylic acids is 1. The second-order valence-electron chi connectivity index (χ2n) is 14.6. The predicted octanol–water partition coefficient (Wildman–Crippen LogP) is 7.56. The average molecular weight is 493 g/mol. The highest BCUT2D eigenvalue weighted by Gasteiger charge is 2.67. The Morgan fingerprint density at radius 2 is 1.58 bits per heavy atom. The third-order valence-electron chi connectivity index (χ3n) is 13.1. The van der Waals surface area contributed by atoms with Gasteiger partial charge in [0.25, 0.3) is 0 Å². The number of benzene rings is 1. The van der Waals surface area contributed by atoms with E-state index in [-0.39, 0.29) is 22.9 Å². The van der Waals surface area contributed by atoms with Crippen LogP contribution in [0.1, 0.15) is 104 Å². The number of carbonyl (C=O) groups is 1. The van der Waals surface area contributed by atoms with Crippen molar-refractivity contribution >= 4 is 5.97 Å². The lowest BCUT2D eigenvalue weighted by molar-refractivity contribution is -0.217. The maximum Gasteiger partial charge on any atom is 0.312 e. The molecule has 1 N–H and O–H groups in total. The first-order chi connectivity index (χ1) is 17.1. The maximum atomic E-state index is 13.7. The molecule has 9 atom stereocenters. The zero-order chi connectivity index (χ0) is 25.3. The van der Waals surface area contributed by atoms with Gasteiger partial charge in [-0.3, -0.25) is 4.79 Å². The number of rotatable bonds is 3. The predicted molar refractivity (Wildman–Crippen MR) is 143 cm³/mol. The molecular formula is C33H48O3. The number of hydrogen-bond donors (Lipinski definition) is 1. The second kappa shape index (κ2) is 8.58. The number of aliphatic hydroxyl groups is 1. The summed E-state index contributed by atoms with van der Waals surface area (Å²) in [6.45, 7) is 10.3. The molecule has 5 aliphatic rings. The van der Waals surface area contributed by atoms with Crippen molar-refractivity contribution in [1.29, 1.82) is 0 Å². The number of aliphatic hydroxyl groups excluding tert-OH is 1. The maximum absolute atomic E-state index is 13.7. The molecule has 0 saturated heterocycles. The standard InChI is InChI=1S/C33H48O3/c1-30(2)26-15-18-31(3)24-14-20-33(29(35)36-21-22-9-6-5-7-10-22)17-8-11-25(33)23(24)12-13-27(31)32(26,4)19-16-28(30)34/h5-7,9-10,23-28,34H,8,11-21H2,1-4H3/t23?,24?,25-,26?,27?,28?,31?,32?,33?/m1/s1. The molecule has 5 aliphatic carbocycles. The Balaban J connectivity index is 1.24. The molecule has 1 aromatic rings. The molecule has 3 heteroatoms. The zero-order valence-corrected chi connectivity index (χ0v) is 23.1. The SMILES string of the molecule is CC1(C)C(O)CCC2(C)C1CCC1(C)C3CCC4(C(=O)OCc5ccccc5)CCC[C@@H]4C3CCC12. The highest BCUT2D eigenvalue weighted by molar-refractivity contribution is 5.78. The van der Waals surface area contributed by atoms with E-state index in [2.05, 4.69) is 39.8 Å². The lowest BCUT2D eigenvalue weighted by Crippen LogP contribution is -2.63. The summed E-state index contributed by atoms with van der Waals surface area (Å²) in [5.74, 6) is 3.38. The van der Waals surface area contributed by atoms with Crippen LogP contribution in [0.3, 0.4) is 0 Å². The fourth-order valence-corrected chi connectivity index (χ4v) is 11.4. The summed E-state index contributed by atoms with van der Waals surface area (Å²) in [4.78, 5) is 13.7. The van der Waals surface area contributed by atoms with Crippen LogP contribution in [-0.2, 0) is 16.1 Å². The van der Waals surface area contributed by atoms with Crippen molar-refractivity contribution < 1.29 is 14.6 Å². The normalized spacial score (nSPS) is 47.1. The van der Waals surface area contributed by atoms with E-state index in [1.807, 2.05) is 18.2 Å². The van der Waals surface area contributed by atoms with Crippen molar-refractivity contribution in [3.8, 4) is 0 Å². The van der Waals surface area contributed by atoms with E-state index >= 15 is 0 Å². The Morgan fingerprint density at radius 3 is 2.36 bits per heavy atom. The number of fused-ring (bicyclic) bond motifs is 7. The molecule has 0 radical (unpaired) electrons. The lowest BCUT2D eigenvalue weighted by atomic mass is 9.36. The molecule has 0 amide bonds. The van der Waals surface area contributed by atoms with Gasteiger partial charge in [0.1, 0.15) is 6.61 Å². The highest BCUT2D eigenvalue weighted by atomic mass is 16.5. The van der Waals surface area contributed by atoms with Crippen LogP contribution < -0.4 is 0 Å². The molecule has 0 aliphatic heterocycles. The molecule has 0 bridgehead atoms. The quantitative estimate of drug-likeness (QED) is 0.443. The van der Waals surface area contributed by atoms with E-state index in [4.69, 9.17) is 4.74 Å². The van der Waals surface area contributed by atoms with E-state index in [0.717, 1.165) is 36.7 Å². The summed E-state index contributed by atoms with van der Waals surface area (Å²) < 4.78 is 6.04. The van der Waals surface area contributed by atoms with Gasteiger partial charge in [-0.2, -0.15) is 0 Å². The van der Waals surface area contributed by atoms with Crippen LogP contribution in [0.5, 0.6) is 0 Å². The van der Waals surface area contributed by atoms with E-state index in [1.54, 1.807) is 0 Å². The molecule has 6 rings (SSSR count). The summed E-state index contributed by atoms with van der Waals surface area (Å²) in [5, 5.41) is 10.9. The van der Waals surface area contributed by atoms with Crippen LogP contribution in [0.15, 0.2) is 30.3 Å². The van der Waals surface area contributed by atoms with Crippen LogP contribution >= 0.6 is 0 Å². The van der Waals surface area contributed by atoms with Gasteiger partial charge in [-0.05, 0) is 116 Å². The number of esters is 1. The summed E-state index contributed by atoms with van der Waals surface area (Å²) in [5.41, 5.74) is 1.57. The van der Waals surface area contributed by atoms with Crippen molar-refractivity contribution in [2.45, 2.75) is 111 Å². The fourth-order valence-electron chi connectivity index (χ4n) is 11.4. The molecule has 5 fully saturated rings. The minimum atomic E-state index is -0.239.